The van der Waals surface area contributed by atoms with Crippen LogP contribution in [0.2, 0.25) is 0 Å². The second-order valence-electron chi connectivity index (χ2n) is 24.1. The molecule has 90 heavy (non-hydrogen) atoms. The van der Waals surface area contributed by atoms with Crippen LogP contribution in [0.3, 0.4) is 0 Å². The van der Waals surface area contributed by atoms with Gasteiger partial charge in [0, 0.05) is 159 Å². The first-order valence-electron chi connectivity index (χ1n) is 32.2. The lowest BCUT2D eigenvalue weighted by molar-refractivity contribution is -0.149. The van der Waals surface area contributed by atoms with E-state index in [4.69, 9.17) is 18.9 Å². The first-order chi connectivity index (χ1) is 43.9. The van der Waals surface area contributed by atoms with Crippen molar-refractivity contribution >= 4 is 99.8 Å². The van der Waals surface area contributed by atoms with E-state index in [1.165, 1.54) is 52.8 Å². The topological polar surface area (TPSA) is 169 Å². The summed E-state index contributed by atoms with van der Waals surface area (Å²) in [4.78, 5) is 92.6. The highest BCUT2D eigenvalue weighted by Gasteiger charge is 2.34. The molecule has 18 nitrogen and oxygen atoms in total. The Bertz CT molecular complexity index is 3630. The maximum atomic E-state index is 13.5. The van der Waals surface area contributed by atoms with Gasteiger partial charge in [0.1, 0.15) is 11.5 Å². The third-order valence-corrected chi connectivity index (χ3v) is 19.7. The Kier molecular flexibility index (Phi) is 21.8. The summed E-state index contributed by atoms with van der Waals surface area (Å²) >= 11 is 3.58. The number of pyridine rings is 2. The van der Waals surface area contributed by atoms with Crippen molar-refractivity contribution in [2.45, 2.75) is 116 Å². The number of amides is 2. The summed E-state index contributed by atoms with van der Waals surface area (Å²) in [7, 11) is 0. The van der Waals surface area contributed by atoms with Gasteiger partial charge < -0.3 is 38.5 Å². The average Bonchev–Trinajstić information content (AvgIpc) is 4.32. The molecule has 0 saturated carbocycles. The molecule has 3 aliphatic rings. The number of anilines is 2. The van der Waals surface area contributed by atoms with E-state index in [-0.39, 0.29) is 74.2 Å². The van der Waals surface area contributed by atoms with E-state index in [2.05, 4.69) is 78.9 Å². The number of piperazine rings is 3. The van der Waals surface area contributed by atoms with Gasteiger partial charge in [0.25, 0.3) is 11.1 Å². The number of fused-ring (bicyclic) bond motifs is 4. The Morgan fingerprint density at radius 2 is 0.878 bits per heavy atom. The number of hydrogen-bond acceptors (Lipinski definition) is 16. The molecule has 3 aliphatic heterocycles. The molecule has 2 amide bonds. The quantitative estimate of drug-likeness (QED) is 0.0335. The molecule has 0 N–H and O–H groups in total. The van der Waals surface area contributed by atoms with Crippen LogP contribution < -0.4 is 30.4 Å². The van der Waals surface area contributed by atoms with Crippen LogP contribution in [0.4, 0.5) is 11.4 Å². The summed E-state index contributed by atoms with van der Waals surface area (Å²) in [5.74, 6) is 0.328. The van der Waals surface area contributed by atoms with Crippen molar-refractivity contribution in [1.29, 1.82) is 0 Å². The monoisotopic (exact) mass is 1260 g/mol. The van der Waals surface area contributed by atoms with Crippen molar-refractivity contribution in [3.63, 3.8) is 0 Å². The van der Waals surface area contributed by atoms with Crippen LogP contribution in [-0.2, 0) is 42.1 Å². The second kappa shape index (κ2) is 30.8. The van der Waals surface area contributed by atoms with E-state index in [9.17, 15) is 28.8 Å². The first-order valence-corrected chi connectivity index (χ1v) is 34.0. The van der Waals surface area contributed by atoms with E-state index in [0.717, 1.165) is 102 Å². The molecule has 3 fully saturated rings. The molecule has 0 bridgehead atoms. The van der Waals surface area contributed by atoms with Crippen LogP contribution >= 0.6 is 22.7 Å². The Hall–Kier alpha value is -7.78. The Balaban J connectivity index is 0.535. The lowest BCUT2D eigenvalue weighted by atomic mass is 10.0. The van der Waals surface area contributed by atoms with Gasteiger partial charge in [0.15, 0.2) is 13.5 Å². The van der Waals surface area contributed by atoms with Crippen LogP contribution in [0.1, 0.15) is 90.9 Å². The molecule has 0 radical (unpaired) electrons. The Morgan fingerprint density at radius 1 is 0.467 bits per heavy atom. The largest absolute Gasteiger partial charge is 0.494 e. The summed E-state index contributed by atoms with van der Waals surface area (Å²) in [6.45, 7) is 15.5. The molecule has 476 valence electrons. The average molecular weight is 1260 g/mol. The number of nitrogens with zero attached hydrogens (tertiary/aromatic N) is 8. The molecule has 4 aromatic heterocycles. The minimum Gasteiger partial charge on any atom is -0.494 e. The fourth-order valence-corrected chi connectivity index (χ4v) is 14.4. The number of carbonyl (C=O) groups excluding carboxylic acids is 4. The van der Waals surface area contributed by atoms with Crippen molar-refractivity contribution in [3.05, 3.63) is 141 Å². The van der Waals surface area contributed by atoms with E-state index < -0.39 is 11.9 Å². The van der Waals surface area contributed by atoms with Crippen molar-refractivity contribution in [2.75, 3.05) is 102 Å². The van der Waals surface area contributed by atoms with Gasteiger partial charge in [0.2, 0.25) is 11.8 Å². The molecular formula is C70H84N8O10S2. The van der Waals surface area contributed by atoms with Gasteiger partial charge in [0.05, 0.1) is 24.2 Å². The highest BCUT2D eigenvalue weighted by molar-refractivity contribution is 7.17. The van der Waals surface area contributed by atoms with Gasteiger partial charge in [-0.25, -0.2) is 0 Å². The van der Waals surface area contributed by atoms with Gasteiger partial charge in [-0.3, -0.25) is 47.7 Å². The lowest BCUT2D eigenvalue weighted by Crippen LogP contribution is -2.59. The van der Waals surface area contributed by atoms with Gasteiger partial charge in [-0.15, -0.1) is 22.7 Å². The number of rotatable bonds is 28. The number of esters is 2. The van der Waals surface area contributed by atoms with E-state index in [1.807, 2.05) is 60.0 Å². The molecule has 20 heteroatoms. The minimum absolute atomic E-state index is 0.0311. The summed E-state index contributed by atoms with van der Waals surface area (Å²) < 4.78 is 29.0. The highest BCUT2D eigenvalue weighted by atomic mass is 32.1. The predicted molar refractivity (Wildman–Crippen MR) is 358 cm³/mol. The van der Waals surface area contributed by atoms with Crippen LogP contribution in [0.5, 0.6) is 11.5 Å². The van der Waals surface area contributed by atoms with Gasteiger partial charge in [-0.05, 0) is 173 Å². The Morgan fingerprint density at radius 3 is 1.31 bits per heavy atom. The van der Waals surface area contributed by atoms with Crippen LogP contribution in [0.25, 0.3) is 42.0 Å². The van der Waals surface area contributed by atoms with Gasteiger partial charge in [-0.1, -0.05) is 12.1 Å². The minimum atomic E-state index is -0.454. The molecular weight excluding hydrogens is 1180 g/mol. The fourth-order valence-electron chi connectivity index (χ4n) is 12.8. The zero-order chi connectivity index (χ0) is 62.3. The molecule has 3 saturated heterocycles. The number of thiophene rings is 2. The van der Waals surface area contributed by atoms with E-state index >= 15 is 0 Å². The number of benzene rings is 4. The van der Waals surface area contributed by atoms with E-state index in [1.54, 1.807) is 34.8 Å². The van der Waals surface area contributed by atoms with Crippen molar-refractivity contribution in [2.24, 2.45) is 0 Å². The number of ether oxygens (including phenoxy) is 4. The molecule has 0 unspecified atom stereocenters. The predicted octanol–water partition coefficient (Wildman–Crippen LogP) is 11.0. The normalized spacial score (nSPS) is 16.8. The van der Waals surface area contributed by atoms with Gasteiger partial charge in [-0.2, -0.15) is 0 Å². The summed E-state index contributed by atoms with van der Waals surface area (Å²) in [6, 6.07) is 34.9. The van der Waals surface area contributed by atoms with Crippen LogP contribution in [0, 0.1) is 0 Å². The van der Waals surface area contributed by atoms with Crippen LogP contribution in [-0.4, -0.2) is 156 Å². The fraction of sp³-hybridized carbons (Fsp3) is 0.457. The maximum Gasteiger partial charge on any atom is 0.307 e. The molecule has 4 aromatic carbocycles. The third-order valence-electron chi connectivity index (χ3n) is 18.0. The molecule has 2 atom stereocenters. The number of unbranched alkanes of at least 4 members (excludes halogenated alkanes) is 4. The van der Waals surface area contributed by atoms with E-state index in [0.29, 0.717) is 74.5 Å². The lowest BCUT2D eigenvalue weighted by Gasteiger charge is -2.44. The zero-order valence-corrected chi connectivity index (χ0v) is 53.6. The molecule has 7 heterocycles. The third kappa shape index (κ3) is 16.2. The molecule has 0 spiro atoms. The van der Waals surface area contributed by atoms with Crippen molar-refractivity contribution < 1.29 is 38.1 Å². The molecule has 8 aromatic rings. The number of hydrogen-bond donors (Lipinski definition) is 0. The summed E-state index contributed by atoms with van der Waals surface area (Å²) in [6.07, 6.45) is 6.40. The number of carbonyl (C=O) groups is 4. The van der Waals surface area contributed by atoms with Crippen molar-refractivity contribution in [1.82, 2.24) is 28.7 Å². The second-order valence-corrected chi connectivity index (χ2v) is 26.0. The zero-order valence-electron chi connectivity index (χ0n) is 52.0. The smallest absolute Gasteiger partial charge is 0.307 e. The number of aromatic nitrogens is 2. The summed E-state index contributed by atoms with van der Waals surface area (Å²) in [5.41, 5.74) is 3.32. The van der Waals surface area contributed by atoms with Crippen molar-refractivity contribution in [3.8, 4) is 11.5 Å². The Labute approximate surface area is 534 Å². The maximum absolute atomic E-state index is 13.5. The van der Waals surface area contributed by atoms with Gasteiger partial charge >= 0.3 is 11.9 Å². The molecule has 0 aliphatic carbocycles. The standard InChI is InChI=1S/C70H84N8O10S2/c1-51-47-76(66(80)18-4-6-20-70(84)88-50-78-62-46-56(26-22-54(62)24-28-68(78)82)86-42-10-8-32-72-35-39-74(40-36-72)60-14-12-16-64-58(60)30-44-90-64)52(2)48-75(51)65(79)17-3-5-19-69(83)87-49-77-61-45-55(25-21-53(61)23-27-67(77)81)85-41-9-7-31-71-33-37-73(38-34-71)59-13-11-15-63-57(59)29-43-89-63/h11-16,21-30,43-46,51-52H,3-10,17-20,31-42,47-50H2,1-2H3/t51-,52+. The SMILES string of the molecule is C[C@@H]1CN(C(=O)CCCCC(=O)OCn2c(=O)ccc3ccc(OCCCCN4CCN(c5cccc6sccc56)CC4)cc32)[C@@H](C)CN1C(=O)CCCCC(=O)OCn1c(=O)ccc2ccc(OCCCCN3CCN(c4cccc5sccc45)CC3)cc21. The highest BCUT2D eigenvalue weighted by Crippen LogP contribution is 2.33. The summed E-state index contributed by atoms with van der Waals surface area (Å²) in [5, 5.41) is 8.66. The van der Waals surface area contributed by atoms with Crippen LogP contribution in [0.15, 0.2) is 130 Å². The first kappa shape index (κ1) is 63.8. The molecule has 11 rings (SSSR count).